The van der Waals surface area contributed by atoms with Gasteiger partial charge < -0.3 is 19.7 Å². The topological polar surface area (TPSA) is 107 Å². The Hall–Kier alpha value is -4.09. The number of ether oxygens (including phenoxy) is 2. The Balaban J connectivity index is 1.41. The molecule has 3 aromatic heterocycles. The van der Waals surface area contributed by atoms with Gasteiger partial charge in [-0.3, -0.25) is 9.48 Å². The molecule has 0 unspecified atom stereocenters. The highest BCUT2D eigenvalue weighted by Crippen LogP contribution is 2.37. The first-order valence-electron chi connectivity index (χ1n) is 12.0. The number of nitrogens with zero attached hydrogens (tertiary/aromatic N) is 6. The molecule has 1 atom stereocenters. The van der Waals surface area contributed by atoms with Crippen LogP contribution in [0, 0.1) is 0 Å². The second-order valence-corrected chi connectivity index (χ2v) is 9.74. The molecule has 1 fully saturated rings. The van der Waals surface area contributed by atoms with Gasteiger partial charge in [0.15, 0.2) is 6.10 Å². The molecule has 0 aliphatic carbocycles. The van der Waals surface area contributed by atoms with Crippen LogP contribution < -0.4 is 10.1 Å². The summed E-state index contributed by atoms with van der Waals surface area (Å²) >= 11 is 1.58. The Bertz CT molecular complexity index is 1590. The average Bonchev–Trinajstić information content (AvgIpc) is 3.57. The van der Waals surface area contributed by atoms with Crippen LogP contribution in [0.4, 0.5) is 11.5 Å². The van der Waals surface area contributed by atoms with E-state index in [1.165, 1.54) is 6.33 Å². The van der Waals surface area contributed by atoms with Gasteiger partial charge in [-0.1, -0.05) is 0 Å². The Morgan fingerprint density at radius 3 is 2.78 bits per heavy atom. The SMILES string of the molecule is C[C@@H](Oc1cc(-c2cnn(C)c2)cc2ncnc(Nc3ccc4ncsc4c3)c12)C(=O)N1CCOCC1. The minimum atomic E-state index is -0.702. The third-order valence-electron chi connectivity index (χ3n) is 6.31. The van der Waals surface area contributed by atoms with Crippen LogP contribution in [0.15, 0.2) is 54.6 Å². The third-order valence-corrected chi connectivity index (χ3v) is 7.10. The van der Waals surface area contributed by atoms with Gasteiger partial charge in [0.1, 0.15) is 17.9 Å². The zero-order valence-corrected chi connectivity index (χ0v) is 21.2. The summed E-state index contributed by atoms with van der Waals surface area (Å²) in [5.74, 6) is 1.03. The monoisotopic (exact) mass is 515 g/mol. The number of anilines is 2. The lowest BCUT2D eigenvalue weighted by atomic mass is 10.1. The van der Waals surface area contributed by atoms with E-state index in [-0.39, 0.29) is 5.91 Å². The number of benzene rings is 2. The first-order valence-corrected chi connectivity index (χ1v) is 12.8. The zero-order chi connectivity index (χ0) is 25.4. The number of amides is 1. The lowest BCUT2D eigenvalue weighted by Crippen LogP contribution is -2.46. The summed E-state index contributed by atoms with van der Waals surface area (Å²) in [5, 5.41) is 8.41. The van der Waals surface area contributed by atoms with E-state index in [2.05, 4.69) is 25.4 Å². The van der Waals surface area contributed by atoms with Gasteiger partial charge in [-0.2, -0.15) is 5.10 Å². The molecule has 4 heterocycles. The van der Waals surface area contributed by atoms with Crippen LogP contribution in [0.2, 0.25) is 0 Å². The number of aromatic nitrogens is 5. The van der Waals surface area contributed by atoms with Gasteiger partial charge in [0.05, 0.1) is 46.0 Å². The third kappa shape index (κ3) is 4.70. The van der Waals surface area contributed by atoms with Crippen molar-refractivity contribution in [3.8, 4) is 16.9 Å². The van der Waals surface area contributed by atoms with Crippen LogP contribution >= 0.6 is 11.3 Å². The Labute approximate surface area is 216 Å². The van der Waals surface area contributed by atoms with Crippen molar-refractivity contribution in [2.75, 3.05) is 31.6 Å². The summed E-state index contributed by atoms with van der Waals surface area (Å²) in [7, 11) is 1.87. The quantitative estimate of drug-likeness (QED) is 0.362. The molecule has 0 saturated carbocycles. The van der Waals surface area contributed by atoms with Crippen molar-refractivity contribution in [2.24, 2.45) is 7.05 Å². The highest BCUT2D eigenvalue weighted by Gasteiger charge is 2.25. The molecule has 1 saturated heterocycles. The van der Waals surface area contributed by atoms with E-state index >= 15 is 0 Å². The van der Waals surface area contributed by atoms with Crippen molar-refractivity contribution < 1.29 is 14.3 Å². The zero-order valence-electron chi connectivity index (χ0n) is 20.4. The first-order chi connectivity index (χ1) is 18.0. The average molecular weight is 516 g/mol. The number of rotatable bonds is 6. The normalized spacial score (nSPS) is 14.7. The summed E-state index contributed by atoms with van der Waals surface area (Å²) in [6, 6.07) is 9.87. The molecule has 37 heavy (non-hydrogen) atoms. The van der Waals surface area contributed by atoms with Crippen molar-refractivity contribution in [3.05, 3.63) is 54.6 Å². The molecule has 0 radical (unpaired) electrons. The minimum Gasteiger partial charge on any atom is -0.480 e. The number of morpholine rings is 1. The molecule has 11 heteroatoms. The molecule has 10 nitrogen and oxygen atoms in total. The van der Waals surface area contributed by atoms with Gasteiger partial charge >= 0.3 is 0 Å². The summed E-state index contributed by atoms with van der Waals surface area (Å²) in [6.07, 6.45) is 4.54. The van der Waals surface area contributed by atoms with Gasteiger partial charge in [-0.25, -0.2) is 15.0 Å². The van der Waals surface area contributed by atoms with Crippen molar-refractivity contribution >= 4 is 49.9 Å². The minimum absolute atomic E-state index is 0.0785. The molecule has 0 bridgehead atoms. The molecule has 1 N–H and O–H groups in total. The van der Waals surface area contributed by atoms with Gasteiger partial charge in [0.25, 0.3) is 5.91 Å². The smallest absolute Gasteiger partial charge is 0.263 e. The molecule has 188 valence electrons. The predicted octanol–water partition coefficient (Wildman–Crippen LogP) is 4.01. The maximum Gasteiger partial charge on any atom is 0.263 e. The highest BCUT2D eigenvalue weighted by atomic mass is 32.1. The molecular formula is C26H25N7O3S. The molecule has 0 spiro atoms. The molecule has 1 aliphatic heterocycles. The van der Waals surface area contributed by atoms with E-state index in [0.717, 1.165) is 27.0 Å². The number of hydrogen-bond acceptors (Lipinski definition) is 9. The van der Waals surface area contributed by atoms with Crippen LogP contribution in [0.3, 0.4) is 0 Å². The van der Waals surface area contributed by atoms with E-state index in [4.69, 9.17) is 9.47 Å². The van der Waals surface area contributed by atoms with Gasteiger partial charge in [-0.05, 0) is 42.8 Å². The summed E-state index contributed by atoms with van der Waals surface area (Å²) < 4.78 is 14.6. The number of nitrogens with one attached hydrogen (secondary N) is 1. The van der Waals surface area contributed by atoms with Crippen LogP contribution in [0.25, 0.3) is 32.2 Å². The van der Waals surface area contributed by atoms with E-state index in [9.17, 15) is 4.79 Å². The van der Waals surface area contributed by atoms with E-state index in [1.807, 2.05) is 49.1 Å². The standard InChI is InChI=1S/C26H25N7O3S/c1-16(26(34)33-5-7-35-8-6-33)36-22-10-17(18-12-30-32(2)13-18)9-21-24(22)25(28-14-27-21)31-19-3-4-20-23(11-19)37-15-29-20/h3-4,9-16H,5-8H2,1-2H3,(H,27,28,31)/t16-/m1/s1. The van der Waals surface area contributed by atoms with Crippen molar-refractivity contribution in [3.63, 3.8) is 0 Å². The van der Waals surface area contributed by atoms with E-state index in [0.29, 0.717) is 48.8 Å². The fraction of sp³-hybridized carbons (Fsp3) is 0.269. The van der Waals surface area contributed by atoms with E-state index < -0.39 is 6.10 Å². The second-order valence-electron chi connectivity index (χ2n) is 8.85. The van der Waals surface area contributed by atoms with Crippen LogP contribution in [0.5, 0.6) is 5.75 Å². The van der Waals surface area contributed by atoms with Crippen LogP contribution in [-0.2, 0) is 16.6 Å². The van der Waals surface area contributed by atoms with Gasteiger partial charge in [0, 0.05) is 37.6 Å². The number of aryl methyl sites for hydroxylation is 1. The predicted molar refractivity (Wildman–Crippen MR) is 142 cm³/mol. The fourth-order valence-electron chi connectivity index (χ4n) is 4.43. The lowest BCUT2D eigenvalue weighted by Gasteiger charge is -2.29. The van der Waals surface area contributed by atoms with Crippen LogP contribution in [-0.4, -0.2) is 67.9 Å². The molecule has 5 aromatic rings. The molecule has 1 amide bonds. The summed E-state index contributed by atoms with van der Waals surface area (Å²) in [5.41, 5.74) is 6.15. The fourth-order valence-corrected chi connectivity index (χ4v) is 5.15. The first kappa shape index (κ1) is 23.3. The maximum absolute atomic E-state index is 13.2. The number of thiazole rings is 1. The second kappa shape index (κ2) is 9.75. The molecular weight excluding hydrogens is 490 g/mol. The van der Waals surface area contributed by atoms with Gasteiger partial charge in [-0.15, -0.1) is 11.3 Å². The van der Waals surface area contributed by atoms with Gasteiger partial charge in [0.2, 0.25) is 0 Å². The number of carbonyl (C=O) groups is 1. The number of hydrogen-bond donors (Lipinski definition) is 1. The Morgan fingerprint density at radius 1 is 1.11 bits per heavy atom. The Morgan fingerprint density at radius 2 is 1.97 bits per heavy atom. The maximum atomic E-state index is 13.2. The van der Waals surface area contributed by atoms with E-state index in [1.54, 1.807) is 34.0 Å². The Kier molecular flexibility index (Phi) is 6.15. The summed E-state index contributed by atoms with van der Waals surface area (Å²) in [4.78, 5) is 28.4. The lowest BCUT2D eigenvalue weighted by molar-refractivity contribution is -0.142. The highest BCUT2D eigenvalue weighted by molar-refractivity contribution is 7.16. The van der Waals surface area contributed by atoms with Crippen molar-refractivity contribution in [1.29, 1.82) is 0 Å². The van der Waals surface area contributed by atoms with Crippen LogP contribution in [0.1, 0.15) is 6.92 Å². The number of carbonyl (C=O) groups excluding carboxylic acids is 1. The summed E-state index contributed by atoms with van der Waals surface area (Å²) in [6.45, 7) is 3.95. The molecule has 6 rings (SSSR count). The number of fused-ring (bicyclic) bond motifs is 2. The molecule has 1 aliphatic rings. The largest absolute Gasteiger partial charge is 0.480 e. The molecule has 2 aromatic carbocycles. The van der Waals surface area contributed by atoms with Crippen molar-refractivity contribution in [2.45, 2.75) is 13.0 Å². The van der Waals surface area contributed by atoms with Crippen molar-refractivity contribution in [1.82, 2.24) is 29.6 Å².